The quantitative estimate of drug-likeness (QED) is 0.127. The molecule has 3 heterocycles. The minimum absolute atomic E-state index is 0.00247. The van der Waals surface area contributed by atoms with Crippen LogP contribution in [0.2, 0.25) is 5.28 Å². The Hall–Kier alpha value is -3.65. The Balaban J connectivity index is 1.29. The maximum absolute atomic E-state index is 15.3. The lowest BCUT2D eigenvalue weighted by Crippen LogP contribution is -2.37. The van der Waals surface area contributed by atoms with Crippen molar-refractivity contribution in [3.05, 3.63) is 77.8 Å². The number of aliphatic hydroxyl groups is 1. The van der Waals surface area contributed by atoms with E-state index >= 15 is 4.39 Å². The Morgan fingerprint density at radius 1 is 1.21 bits per heavy atom. The lowest BCUT2D eigenvalue weighted by molar-refractivity contribution is -0.146. The molecule has 4 N–H and O–H groups in total. The zero-order chi connectivity index (χ0) is 29.9. The second-order valence-corrected chi connectivity index (χ2v) is 11.4. The number of hydrogen-bond donors (Lipinski definition) is 3. The van der Waals surface area contributed by atoms with Crippen LogP contribution < -0.4 is 15.3 Å². The Morgan fingerprint density at radius 2 is 1.90 bits per heavy atom. The van der Waals surface area contributed by atoms with E-state index in [-0.39, 0.29) is 34.6 Å². The van der Waals surface area contributed by atoms with Gasteiger partial charge in [0.05, 0.1) is 12.9 Å². The molecule has 2 aromatic heterocycles. The molecule has 1 aliphatic rings. The Morgan fingerprint density at radius 3 is 2.62 bits per heavy atom. The van der Waals surface area contributed by atoms with Crippen LogP contribution in [0.25, 0.3) is 11.2 Å². The molecule has 0 spiro atoms. The number of ether oxygens (including phenoxy) is 2. The van der Waals surface area contributed by atoms with Crippen LogP contribution in [0, 0.1) is 0 Å². The fourth-order valence-corrected chi connectivity index (χ4v) is 5.86. The van der Waals surface area contributed by atoms with Gasteiger partial charge in [0.25, 0.3) is 0 Å². The van der Waals surface area contributed by atoms with Crippen LogP contribution in [0.3, 0.4) is 0 Å². The summed E-state index contributed by atoms with van der Waals surface area (Å²) in [5.74, 6) is -0.558. The minimum atomic E-state index is -4.32. The first kappa shape index (κ1) is 29.8. The molecule has 0 saturated carbocycles. The predicted octanol–water partition coefficient (Wildman–Crippen LogP) is 3.58. The van der Waals surface area contributed by atoms with E-state index < -0.39 is 51.0 Å². The van der Waals surface area contributed by atoms with E-state index in [2.05, 4.69) is 20.0 Å². The normalized spacial score (nSPS) is 22.5. The highest BCUT2D eigenvalue weighted by Crippen LogP contribution is 2.46. The maximum atomic E-state index is 15.3. The van der Waals surface area contributed by atoms with Gasteiger partial charge >= 0.3 is 13.7 Å². The number of imidazole rings is 1. The summed E-state index contributed by atoms with van der Waals surface area (Å²) in [5, 5.41) is 13.0. The van der Waals surface area contributed by atoms with Gasteiger partial charge in [0, 0.05) is 0 Å². The minimum Gasteiger partial charge on any atom is -0.460 e. The van der Waals surface area contributed by atoms with E-state index in [1.807, 2.05) is 6.07 Å². The summed E-state index contributed by atoms with van der Waals surface area (Å²) in [6.45, 7) is 0.850. The summed E-state index contributed by atoms with van der Waals surface area (Å²) in [4.78, 5) is 24.6. The molecule has 0 amide bonds. The van der Waals surface area contributed by atoms with Crippen LogP contribution in [-0.4, -0.2) is 61.6 Å². The number of nitrogen functional groups attached to an aromatic ring is 1. The Kier molecular flexibility index (Phi) is 9.02. The second-order valence-electron chi connectivity index (χ2n) is 9.34. The number of fused-ring (bicyclic) bond motifs is 1. The van der Waals surface area contributed by atoms with Gasteiger partial charge in [-0.1, -0.05) is 48.5 Å². The van der Waals surface area contributed by atoms with Crippen molar-refractivity contribution in [1.82, 2.24) is 24.6 Å². The van der Waals surface area contributed by atoms with Crippen molar-refractivity contribution in [2.45, 2.75) is 44.2 Å². The van der Waals surface area contributed by atoms with Crippen LogP contribution in [-0.2, 0) is 30.0 Å². The highest BCUT2D eigenvalue weighted by molar-refractivity contribution is 7.52. The summed E-state index contributed by atoms with van der Waals surface area (Å²) >= 11 is 5.90. The summed E-state index contributed by atoms with van der Waals surface area (Å²) in [6, 6.07) is 16.0. The molecule has 1 saturated heterocycles. The third-order valence-corrected chi connectivity index (χ3v) is 8.11. The second kappa shape index (κ2) is 12.7. The third-order valence-electron chi connectivity index (χ3n) is 6.30. The molecule has 0 bridgehead atoms. The number of nitrogens with zero attached hydrogens (tertiary/aromatic N) is 4. The van der Waals surface area contributed by atoms with Crippen molar-refractivity contribution < 1.29 is 37.4 Å². The van der Waals surface area contributed by atoms with Crippen molar-refractivity contribution >= 4 is 42.3 Å². The van der Waals surface area contributed by atoms with Gasteiger partial charge in [-0.15, -0.1) is 0 Å². The molecule has 0 radical (unpaired) electrons. The number of halogens is 2. The summed E-state index contributed by atoms with van der Waals surface area (Å²) in [6.07, 6.45) is -5.11. The average Bonchev–Trinajstić information content (AvgIpc) is 3.52. The molecule has 1 unspecified atom stereocenters. The number of para-hydroxylation sites is 1. The third kappa shape index (κ3) is 6.70. The van der Waals surface area contributed by atoms with E-state index in [0.717, 1.165) is 5.56 Å². The number of aromatic nitrogens is 4. The number of benzene rings is 2. The first-order valence-corrected chi connectivity index (χ1v) is 14.7. The molecule has 6 atom stereocenters. The number of nitrogens with two attached hydrogens (primary N) is 1. The van der Waals surface area contributed by atoms with Crippen molar-refractivity contribution in [2.24, 2.45) is 0 Å². The number of esters is 1. The smallest absolute Gasteiger partial charge is 0.459 e. The zero-order valence-corrected chi connectivity index (χ0v) is 23.8. The summed E-state index contributed by atoms with van der Waals surface area (Å²) in [5.41, 5.74) is 6.86. The fourth-order valence-electron chi connectivity index (χ4n) is 4.19. The van der Waals surface area contributed by atoms with Crippen molar-refractivity contribution in [3.8, 4) is 5.75 Å². The van der Waals surface area contributed by atoms with E-state index in [9.17, 15) is 14.5 Å². The summed E-state index contributed by atoms with van der Waals surface area (Å²) < 4.78 is 52.6. The van der Waals surface area contributed by atoms with E-state index in [1.54, 1.807) is 42.5 Å². The number of anilines is 1. The number of alkyl halides is 1. The number of aliphatic hydroxyl groups excluding tert-OH is 1. The number of rotatable bonds is 11. The van der Waals surface area contributed by atoms with Crippen LogP contribution in [0.15, 0.2) is 67.0 Å². The molecule has 2 aromatic carbocycles. The molecule has 13 nitrogen and oxygen atoms in total. The van der Waals surface area contributed by atoms with Gasteiger partial charge in [0.1, 0.15) is 36.1 Å². The largest absolute Gasteiger partial charge is 0.460 e. The first-order chi connectivity index (χ1) is 20.1. The summed E-state index contributed by atoms with van der Waals surface area (Å²) in [7, 11) is -4.32. The van der Waals surface area contributed by atoms with E-state index in [0.29, 0.717) is 0 Å². The molecule has 5 rings (SSSR count). The molecule has 0 aliphatic carbocycles. The lowest BCUT2D eigenvalue weighted by atomic mass is 10.1. The average molecular weight is 621 g/mol. The standard InChI is InChI=1S/C26H27ClFN6O7P/c1-15(25(36)38-12-16-8-4-2-5-9-16)33-42(37,41-17-10-6-3-7-11-17)39-13-18-21(35)19(28)24(40-18)34-14-30-20-22(29)31-26(27)32-23(20)34/h2-11,14-15,18-19,21,24,35H,12-13H2,1H3,(H,33,37)(H2,29,31,32)/t15-,18-,19+,21-,24-,42?/m1/s1. The van der Waals surface area contributed by atoms with Crippen molar-refractivity contribution in [3.63, 3.8) is 0 Å². The van der Waals surface area contributed by atoms with Gasteiger partial charge in [-0.05, 0) is 36.2 Å². The molecule has 1 fully saturated rings. The van der Waals surface area contributed by atoms with E-state index in [4.69, 9.17) is 35.9 Å². The van der Waals surface area contributed by atoms with Crippen molar-refractivity contribution in [1.29, 1.82) is 0 Å². The molecule has 42 heavy (non-hydrogen) atoms. The highest BCUT2D eigenvalue weighted by Gasteiger charge is 2.47. The molecular weight excluding hydrogens is 594 g/mol. The van der Waals surface area contributed by atoms with Gasteiger partial charge in [0.15, 0.2) is 23.9 Å². The van der Waals surface area contributed by atoms with Gasteiger partial charge in [-0.3, -0.25) is 13.9 Å². The molecule has 1 aliphatic heterocycles. The Bertz CT molecular complexity index is 1580. The zero-order valence-electron chi connectivity index (χ0n) is 22.1. The lowest BCUT2D eigenvalue weighted by Gasteiger charge is -2.24. The SMILES string of the molecule is C[C@@H](NP(=O)(OC[C@H]1O[C@@H](n2cnc3c(N)nc(Cl)nc32)[C@@H](F)[C@@H]1O)Oc1ccccc1)C(=O)OCc1ccccc1. The first-order valence-electron chi connectivity index (χ1n) is 12.7. The van der Waals surface area contributed by atoms with Crippen LogP contribution >= 0.6 is 19.3 Å². The van der Waals surface area contributed by atoms with Crippen LogP contribution in [0.1, 0.15) is 18.7 Å². The number of carbonyl (C=O) groups excluding carboxylic acids is 1. The van der Waals surface area contributed by atoms with Gasteiger partial charge in [0.2, 0.25) is 5.28 Å². The van der Waals surface area contributed by atoms with Gasteiger partial charge in [-0.2, -0.15) is 15.1 Å². The number of hydrogen-bond acceptors (Lipinski definition) is 11. The number of nitrogens with one attached hydrogen (secondary N) is 1. The van der Waals surface area contributed by atoms with Crippen molar-refractivity contribution in [2.75, 3.05) is 12.3 Å². The molecule has 16 heteroatoms. The van der Waals surface area contributed by atoms with Gasteiger partial charge in [-0.25, -0.2) is 13.9 Å². The topological polar surface area (TPSA) is 173 Å². The molecule has 4 aromatic rings. The highest BCUT2D eigenvalue weighted by atomic mass is 35.5. The monoisotopic (exact) mass is 620 g/mol. The van der Waals surface area contributed by atoms with Gasteiger partial charge < -0.3 is 24.8 Å². The maximum Gasteiger partial charge on any atom is 0.459 e. The predicted molar refractivity (Wildman–Crippen MR) is 149 cm³/mol. The number of carbonyl (C=O) groups is 1. The molecular formula is C26H27ClFN6O7P. The van der Waals surface area contributed by atoms with Crippen LogP contribution in [0.5, 0.6) is 5.75 Å². The van der Waals surface area contributed by atoms with E-state index in [1.165, 1.54) is 30.0 Å². The fraction of sp³-hybridized carbons (Fsp3) is 0.308. The Labute approximate surface area is 244 Å². The molecule has 222 valence electrons. The van der Waals surface area contributed by atoms with Crippen LogP contribution in [0.4, 0.5) is 10.2 Å².